The van der Waals surface area contributed by atoms with Gasteiger partial charge in [0.05, 0.1) is 0 Å². The van der Waals surface area contributed by atoms with Crippen LogP contribution in [0.5, 0.6) is 0 Å². The minimum atomic E-state index is -2.19. The zero-order valence-electron chi connectivity index (χ0n) is 8.07. The van der Waals surface area contributed by atoms with E-state index in [1.165, 1.54) is 0 Å². The summed E-state index contributed by atoms with van der Waals surface area (Å²) in [6.07, 6.45) is -0.566. The first kappa shape index (κ1) is 10.9. The molecule has 1 N–H and O–H groups in total. The van der Waals surface area contributed by atoms with Gasteiger partial charge < -0.3 is 10.0 Å². The van der Waals surface area contributed by atoms with Gasteiger partial charge in [-0.15, -0.1) is 0 Å². The van der Waals surface area contributed by atoms with Crippen LogP contribution in [-0.4, -0.2) is 34.7 Å². The maximum atomic E-state index is 13.1. The van der Waals surface area contributed by atoms with Crippen LogP contribution in [0.15, 0.2) is 0 Å². The number of likely N-dealkylation sites (tertiary alicyclic amines) is 1. The van der Waals surface area contributed by atoms with Gasteiger partial charge in [-0.05, 0) is 18.8 Å². The number of hydrogen-bond donors (Lipinski definition) is 1. The standard InChI is InChI=1S/C9H14FNO3/c1-6-2-3-7(12)11(5-4-6)8(10)9(13)14/h6,8H,2-5H2,1H3,(H,13,14). The smallest absolute Gasteiger partial charge is 0.359 e. The summed E-state index contributed by atoms with van der Waals surface area (Å²) in [6, 6.07) is 0. The third kappa shape index (κ3) is 2.43. The molecule has 0 bridgehead atoms. The Hall–Kier alpha value is -1.13. The molecule has 80 valence electrons. The molecule has 1 saturated heterocycles. The molecule has 5 heteroatoms. The summed E-state index contributed by atoms with van der Waals surface area (Å²) in [6.45, 7) is 2.18. The minimum Gasteiger partial charge on any atom is -0.478 e. The topological polar surface area (TPSA) is 57.6 Å². The molecule has 2 unspecified atom stereocenters. The van der Waals surface area contributed by atoms with Crippen molar-refractivity contribution in [3.63, 3.8) is 0 Å². The molecule has 1 aliphatic heterocycles. The zero-order chi connectivity index (χ0) is 10.7. The summed E-state index contributed by atoms with van der Waals surface area (Å²) in [7, 11) is 0. The Kier molecular flexibility index (Phi) is 3.43. The van der Waals surface area contributed by atoms with Crippen LogP contribution < -0.4 is 0 Å². The zero-order valence-corrected chi connectivity index (χ0v) is 8.07. The van der Waals surface area contributed by atoms with E-state index in [1.54, 1.807) is 0 Å². The van der Waals surface area contributed by atoms with E-state index >= 15 is 0 Å². The lowest BCUT2D eigenvalue weighted by molar-refractivity contribution is -0.157. The van der Waals surface area contributed by atoms with E-state index in [0.717, 1.165) is 4.90 Å². The van der Waals surface area contributed by atoms with Crippen molar-refractivity contribution in [1.82, 2.24) is 4.90 Å². The fraction of sp³-hybridized carbons (Fsp3) is 0.778. The Morgan fingerprint density at radius 1 is 1.64 bits per heavy atom. The number of carbonyl (C=O) groups is 2. The Morgan fingerprint density at radius 3 is 2.86 bits per heavy atom. The molecule has 1 amide bonds. The fourth-order valence-corrected chi connectivity index (χ4v) is 1.52. The number of hydrogen-bond acceptors (Lipinski definition) is 2. The summed E-state index contributed by atoms with van der Waals surface area (Å²) in [5.74, 6) is -1.64. The Bertz CT molecular complexity index is 244. The molecule has 1 heterocycles. The lowest BCUT2D eigenvalue weighted by Crippen LogP contribution is -2.42. The van der Waals surface area contributed by atoms with Crippen molar-refractivity contribution in [2.45, 2.75) is 32.5 Å². The number of alkyl halides is 1. The van der Waals surface area contributed by atoms with E-state index in [4.69, 9.17) is 5.11 Å². The lowest BCUT2D eigenvalue weighted by Gasteiger charge is -2.21. The summed E-state index contributed by atoms with van der Waals surface area (Å²) < 4.78 is 13.1. The van der Waals surface area contributed by atoms with Gasteiger partial charge in [-0.25, -0.2) is 9.18 Å². The van der Waals surface area contributed by atoms with Crippen LogP contribution in [0.3, 0.4) is 0 Å². The van der Waals surface area contributed by atoms with Gasteiger partial charge in [-0.3, -0.25) is 4.79 Å². The van der Waals surface area contributed by atoms with Crippen molar-refractivity contribution in [3.05, 3.63) is 0 Å². The molecular formula is C9H14FNO3. The average molecular weight is 203 g/mol. The number of carboxylic acids is 1. The van der Waals surface area contributed by atoms with E-state index in [-0.39, 0.29) is 13.0 Å². The molecular weight excluding hydrogens is 189 g/mol. The summed E-state index contributed by atoms with van der Waals surface area (Å²) in [4.78, 5) is 22.5. The molecule has 0 aromatic rings. The highest BCUT2D eigenvalue weighted by atomic mass is 19.1. The van der Waals surface area contributed by atoms with Gasteiger partial charge in [-0.1, -0.05) is 6.92 Å². The van der Waals surface area contributed by atoms with E-state index < -0.39 is 18.2 Å². The van der Waals surface area contributed by atoms with Gasteiger partial charge in [0.1, 0.15) is 0 Å². The van der Waals surface area contributed by atoms with Gasteiger partial charge in [0, 0.05) is 13.0 Å². The number of rotatable bonds is 2. The molecule has 0 spiro atoms. The van der Waals surface area contributed by atoms with Crippen molar-refractivity contribution in [2.75, 3.05) is 6.54 Å². The van der Waals surface area contributed by atoms with Crippen LogP contribution in [0.4, 0.5) is 4.39 Å². The molecule has 14 heavy (non-hydrogen) atoms. The summed E-state index contributed by atoms with van der Waals surface area (Å²) >= 11 is 0. The first-order chi connectivity index (χ1) is 6.52. The van der Waals surface area contributed by atoms with Crippen LogP contribution in [0.1, 0.15) is 26.2 Å². The van der Waals surface area contributed by atoms with Gasteiger partial charge in [-0.2, -0.15) is 0 Å². The van der Waals surface area contributed by atoms with Crippen molar-refractivity contribution >= 4 is 11.9 Å². The summed E-state index contributed by atoms with van der Waals surface area (Å²) in [5, 5.41) is 8.44. The molecule has 4 nitrogen and oxygen atoms in total. The Balaban J connectivity index is 2.67. The molecule has 1 aliphatic rings. The fourth-order valence-electron chi connectivity index (χ4n) is 1.52. The molecule has 1 rings (SSSR count). The molecule has 0 aromatic heterocycles. The number of halogens is 1. The highest BCUT2D eigenvalue weighted by molar-refractivity contribution is 5.82. The minimum absolute atomic E-state index is 0.202. The normalized spacial score (nSPS) is 25.7. The van der Waals surface area contributed by atoms with Crippen molar-refractivity contribution in [1.29, 1.82) is 0 Å². The van der Waals surface area contributed by atoms with Crippen LogP contribution in [-0.2, 0) is 9.59 Å². The number of carboxylic acid groups (broad SMARTS) is 1. The van der Waals surface area contributed by atoms with Crippen LogP contribution >= 0.6 is 0 Å². The maximum Gasteiger partial charge on any atom is 0.359 e. The third-order valence-electron chi connectivity index (χ3n) is 2.51. The number of amides is 1. The van der Waals surface area contributed by atoms with Gasteiger partial charge in [0.2, 0.25) is 5.91 Å². The molecule has 0 radical (unpaired) electrons. The monoisotopic (exact) mass is 203 g/mol. The predicted octanol–water partition coefficient (Wildman–Crippen LogP) is 1.02. The first-order valence-corrected chi connectivity index (χ1v) is 4.68. The molecule has 0 aromatic carbocycles. The third-order valence-corrected chi connectivity index (χ3v) is 2.51. The largest absolute Gasteiger partial charge is 0.478 e. The lowest BCUT2D eigenvalue weighted by atomic mass is 10.0. The van der Waals surface area contributed by atoms with E-state index in [1.807, 2.05) is 6.92 Å². The molecule has 0 aliphatic carbocycles. The van der Waals surface area contributed by atoms with Crippen molar-refractivity contribution < 1.29 is 19.1 Å². The van der Waals surface area contributed by atoms with E-state index in [2.05, 4.69) is 0 Å². The second-order valence-electron chi connectivity index (χ2n) is 3.69. The van der Waals surface area contributed by atoms with Gasteiger partial charge in [0.25, 0.3) is 6.30 Å². The van der Waals surface area contributed by atoms with Crippen LogP contribution in [0.25, 0.3) is 0 Å². The van der Waals surface area contributed by atoms with Crippen LogP contribution in [0, 0.1) is 5.92 Å². The quantitative estimate of drug-likeness (QED) is 0.681. The molecule has 0 saturated carbocycles. The predicted molar refractivity (Wildman–Crippen MR) is 47.3 cm³/mol. The highest BCUT2D eigenvalue weighted by Crippen LogP contribution is 2.19. The van der Waals surface area contributed by atoms with Crippen LogP contribution in [0.2, 0.25) is 0 Å². The molecule has 1 fully saturated rings. The van der Waals surface area contributed by atoms with Gasteiger partial charge in [0.15, 0.2) is 0 Å². The highest BCUT2D eigenvalue weighted by Gasteiger charge is 2.31. The first-order valence-electron chi connectivity index (χ1n) is 4.68. The number of nitrogens with zero attached hydrogens (tertiary/aromatic N) is 1. The molecule has 2 atom stereocenters. The van der Waals surface area contributed by atoms with Gasteiger partial charge >= 0.3 is 5.97 Å². The number of carbonyl (C=O) groups excluding carboxylic acids is 1. The second kappa shape index (κ2) is 4.39. The van der Waals surface area contributed by atoms with Crippen molar-refractivity contribution in [3.8, 4) is 0 Å². The van der Waals surface area contributed by atoms with Crippen molar-refractivity contribution in [2.24, 2.45) is 5.92 Å². The van der Waals surface area contributed by atoms with E-state index in [0.29, 0.717) is 18.8 Å². The summed E-state index contributed by atoms with van der Waals surface area (Å²) in [5.41, 5.74) is 0. The Labute approximate surface area is 81.7 Å². The SMILES string of the molecule is CC1CCC(=O)N(C(F)C(=O)O)CC1. The average Bonchev–Trinajstić information content (AvgIpc) is 2.28. The second-order valence-corrected chi connectivity index (χ2v) is 3.69. The number of aliphatic carboxylic acids is 1. The maximum absolute atomic E-state index is 13.1. The van der Waals surface area contributed by atoms with E-state index in [9.17, 15) is 14.0 Å². The Morgan fingerprint density at radius 2 is 2.29 bits per heavy atom.